The van der Waals surface area contributed by atoms with Gasteiger partial charge in [0, 0.05) is 11.7 Å². The molecule has 1 atom stereocenters. The first-order chi connectivity index (χ1) is 14.4. The van der Waals surface area contributed by atoms with Gasteiger partial charge < -0.3 is 11.1 Å². The molecule has 0 aliphatic heterocycles. The number of nitrogens with one attached hydrogen (secondary N) is 1. The topological polar surface area (TPSA) is 67.5 Å². The summed E-state index contributed by atoms with van der Waals surface area (Å²) in [5.41, 5.74) is 5.69. The summed E-state index contributed by atoms with van der Waals surface area (Å²) in [7, 11) is 0. The van der Waals surface area contributed by atoms with Crippen molar-refractivity contribution in [3.8, 4) is 0 Å². The molecule has 1 fully saturated rings. The van der Waals surface area contributed by atoms with Crippen LogP contribution in [-0.2, 0) is 4.79 Å². The molecule has 4 nitrogen and oxygen atoms in total. The fourth-order valence-corrected chi connectivity index (χ4v) is 3.81. The van der Waals surface area contributed by atoms with Crippen LogP contribution < -0.4 is 11.1 Å². The van der Waals surface area contributed by atoms with Crippen molar-refractivity contribution in [2.75, 3.05) is 0 Å². The Morgan fingerprint density at radius 3 is 2.39 bits per heavy atom. The highest BCUT2D eigenvalue weighted by Gasteiger charge is 2.38. The molecule has 8 heteroatoms. The van der Waals surface area contributed by atoms with Gasteiger partial charge in [-0.2, -0.15) is 13.2 Å². The smallest absolute Gasteiger partial charge is 0.342 e. The van der Waals surface area contributed by atoms with Gasteiger partial charge in [0.05, 0.1) is 11.6 Å². The lowest BCUT2D eigenvalue weighted by Crippen LogP contribution is -2.54. The molecule has 0 radical (unpaired) electrons. The van der Waals surface area contributed by atoms with E-state index in [9.17, 15) is 22.4 Å². The summed E-state index contributed by atoms with van der Waals surface area (Å²) >= 11 is 0. The van der Waals surface area contributed by atoms with Gasteiger partial charge in [0.1, 0.15) is 11.5 Å². The molecule has 1 unspecified atom stereocenters. The minimum atomic E-state index is -4.50. The molecule has 31 heavy (non-hydrogen) atoms. The molecular weight excluding hydrogens is 410 g/mol. The number of carbonyl (C=O) groups excluding carboxylic acids is 1. The minimum absolute atomic E-state index is 0.0210. The Morgan fingerprint density at radius 1 is 1.19 bits per heavy atom. The molecule has 1 saturated carbocycles. The number of allylic oxidation sites excluding steroid dienone is 3. The Bertz CT molecular complexity index is 877. The SMILES string of the molecule is CC(=N/C=C\C(=C(C)C)C(F)(F)F)C(=O)NC(c1cccc(F)c1)C1(N)CCCCC1. The lowest BCUT2D eigenvalue weighted by molar-refractivity contribution is -0.116. The average Bonchev–Trinajstić information content (AvgIpc) is 2.68. The minimum Gasteiger partial charge on any atom is -0.342 e. The van der Waals surface area contributed by atoms with Crippen molar-refractivity contribution in [1.29, 1.82) is 0 Å². The molecule has 1 aromatic carbocycles. The van der Waals surface area contributed by atoms with Crippen LogP contribution in [0.1, 0.15) is 64.5 Å². The summed E-state index contributed by atoms with van der Waals surface area (Å²) in [5.74, 6) is -1.01. The quantitative estimate of drug-likeness (QED) is 0.348. The molecule has 1 aliphatic carbocycles. The van der Waals surface area contributed by atoms with Crippen molar-refractivity contribution in [3.05, 3.63) is 59.1 Å². The normalized spacial score (nSPS) is 18.0. The first-order valence-electron chi connectivity index (χ1n) is 10.2. The van der Waals surface area contributed by atoms with E-state index in [2.05, 4.69) is 10.3 Å². The van der Waals surface area contributed by atoms with E-state index in [4.69, 9.17) is 5.73 Å². The number of halogens is 4. The molecule has 1 aromatic rings. The van der Waals surface area contributed by atoms with E-state index in [1.807, 2.05) is 0 Å². The summed E-state index contributed by atoms with van der Waals surface area (Å²) in [6, 6.07) is 5.26. The Hall–Kier alpha value is -2.48. The van der Waals surface area contributed by atoms with Crippen LogP contribution in [0.25, 0.3) is 0 Å². The molecule has 0 aromatic heterocycles. The predicted octanol–water partition coefficient (Wildman–Crippen LogP) is 5.52. The lowest BCUT2D eigenvalue weighted by Gasteiger charge is -2.41. The van der Waals surface area contributed by atoms with Crippen molar-refractivity contribution in [2.24, 2.45) is 10.7 Å². The van der Waals surface area contributed by atoms with Gasteiger partial charge in [-0.1, -0.05) is 37.0 Å². The van der Waals surface area contributed by atoms with Crippen LogP contribution in [0.3, 0.4) is 0 Å². The second kappa shape index (κ2) is 10.2. The Labute approximate surface area is 180 Å². The van der Waals surface area contributed by atoms with Crippen molar-refractivity contribution >= 4 is 11.6 Å². The van der Waals surface area contributed by atoms with E-state index >= 15 is 0 Å². The maximum Gasteiger partial charge on any atom is 0.416 e. The number of benzene rings is 1. The number of carbonyl (C=O) groups is 1. The number of alkyl halides is 3. The standard InChI is InChI=1S/C23H29F4N3O/c1-15(2)19(23(25,26)27)10-13-29-16(3)21(31)30-20(17-8-7-9-18(24)14-17)22(28)11-5-4-6-12-22/h7-10,13-14,20H,4-6,11-12,28H2,1-3H3,(H,30,31)/b13-10-,29-16?. The second-order valence-corrected chi connectivity index (χ2v) is 8.20. The first-order valence-corrected chi connectivity index (χ1v) is 10.2. The summed E-state index contributed by atoms with van der Waals surface area (Å²) in [6.07, 6.45) is 1.47. The molecule has 170 valence electrons. The zero-order chi connectivity index (χ0) is 23.2. The van der Waals surface area contributed by atoms with Crippen molar-refractivity contribution < 1.29 is 22.4 Å². The third-order valence-corrected chi connectivity index (χ3v) is 5.50. The van der Waals surface area contributed by atoms with Crippen molar-refractivity contribution in [3.63, 3.8) is 0 Å². The van der Waals surface area contributed by atoms with E-state index < -0.39 is 35.1 Å². The average molecular weight is 439 g/mol. The fraction of sp³-hybridized carbons (Fsp3) is 0.478. The fourth-order valence-electron chi connectivity index (χ4n) is 3.81. The van der Waals surface area contributed by atoms with Crippen molar-refractivity contribution in [1.82, 2.24) is 5.32 Å². The number of rotatable bonds is 6. The number of hydrogen-bond donors (Lipinski definition) is 2. The van der Waals surface area contributed by atoms with Gasteiger partial charge in [-0.15, -0.1) is 0 Å². The predicted molar refractivity (Wildman–Crippen MR) is 114 cm³/mol. The summed E-state index contributed by atoms with van der Waals surface area (Å²) in [6.45, 7) is 4.11. The van der Waals surface area contributed by atoms with E-state index in [0.717, 1.165) is 31.5 Å². The Morgan fingerprint density at radius 2 is 1.84 bits per heavy atom. The highest BCUT2D eigenvalue weighted by atomic mass is 19.4. The molecule has 0 heterocycles. The third-order valence-electron chi connectivity index (χ3n) is 5.50. The van der Waals surface area contributed by atoms with Crippen LogP contribution in [0.15, 0.2) is 52.7 Å². The number of nitrogens with zero attached hydrogens (tertiary/aromatic N) is 1. The largest absolute Gasteiger partial charge is 0.416 e. The third kappa shape index (κ3) is 6.75. The van der Waals surface area contributed by atoms with Gasteiger partial charge in [0.15, 0.2) is 0 Å². The van der Waals surface area contributed by atoms with Gasteiger partial charge in [-0.05, 0) is 57.4 Å². The highest BCUT2D eigenvalue weighted by Crippen LogP contribution is 2.36. The van der Waals surface area contributed by atoms with E-state index in [1.165, 1.54) is 32.9 Å². The molecule has 0 saturated heterocycles. The van der Waals surface area contributed by atoms with Gasteiger partial charge >= 0.3 is 6.18 Å². The Balaban J connectivity index is 2.26. The van der Waals surface area contributed by atoms with Gasteiger partial charge in [0.2, 0.25) is 0 Å². The molecule has 3 N–H and O–H groups in total. The number of aliphatic imine (C=N–C) groups is 1. The van der Waals surface area contributed by atoms with Gasteiger partial charge in [0.25, 0.3) is 5.91 Å². The summed E-state index contributed by atoms with van der Waals surface area (Å²) in [5, 5.41) is 2.83. The summed E-state index contributed by atoms with van der Waals surface area (Å²) in [4.78, 5) is 16.6. The highest BCUT2D eigenvalue weighted by molar-refractivity contribution is 6.38. The molecule has 1 aliphatic rings. The number of nitrogens with two attached hydrogens (primary N) is 1. The van der Waals surface area contributed by atoms with Gasteiger partial charge in [-0.3, -0.25) is 9.79 Å². The van der Waals surface area contributed by atoms with E-state index in [1.54, 1.807) is 12.1 Å². The zero-order valence-electron chi connectivity index (χ0n) is 18.0. The van der Waals surface area contributed by atoms with Crippen LogP contribution in [-0.4, -0.2) is 23.3 Å². The summed E-state index contributed by atoms with van der Waals surface area (Å²) < 4.78 is 52.9. The number of amides is 1. The van der Waals surface area contributed by atoms with Crippen LogP contribution in [0, 0.1) is 5.82 Å². The van der Waals surface area contributed by atoms with Crippen LogP contribution >= 0.6 is 0 Å². The van der Waals surface area contributed by atoms with E-state index in [-0.39, 0.29) is 11.3 Å². The van der Waals surface area contributed by atoms with Crippen LogP contribution in [0.5, 0.6) is 0 Å². The lowest BCUT2D eigenvalue weighted by atomic mass is 9.74. The molecule has 0 spiro atoms. The second-order valence-electron chi connectivity index (χ2n) is 8.20. The molecular formula is C23H29F4N3O. The van der Waals surface area contributed by atoms with Crippen molar-refractivity contribution in [2.45, 2.75) is 70.6 Å². The maximum absolute atomic E-state index is 13.8. The molecule has 2 rings (SSSR count). The molecule has 0 bridgehead atoms. The molecule has 1 amide bonds. The van der Waals surface area contributed by atoms with Crippen LogP contribution in [0.4, 0.5) is 17.6 Å². The maximum atomic E-state index is 13.8. The zero-order valence-corrected chi connectivity index (χ0v) is 18.0. The van der Waals surface area contributed by atoms with E-state index in [0.29, 0.717) is 18.4 Å². The van der Waals surface area contributed by atoms with Gasteiger partial charge in [-0.25, -0.2) is 4.39 Å². The number of hydrogen-bond acceptors (Lipinski definition) is 3. The van der Waals surface area contributed by atoms with Crippen LogP contribution in [0.2, 0.25) is 0 Å². The monoisotopic (exact) mass is 439 g/mol. The Kier molecular flexibility index (Phi) is 8.17. The first kappa shape index (κ1) is 24.8.